The molecule has 1 unspecified atom stereocenters. The Morgan fingerprint density at radius 3 is 1.15 bits per heavy atom. The van der Waals surface area contributed by atoms with Gasteiger partial charge in [-0.2, -0.15) is 11.8 Å². The highest BCUT2D eigenvalue weighted by molar-refractivity contribution is 7.99. The minimum Gasteiger partial charge on any atom is -0.481 e. The van der Waals surface area contributed by atoms with E-state index in [-0.39, 0.29) is 56.2 Å². The second-order valence-corrected chi connectivity index (χ2v) is 23.2. The summed E-state index contributed by atoms with van der Waals surface area (Å²) in [6, 6.07) is -4.28. The van der Waals surface area contributed by atoms with Crippen LogP contribution in [0.5, 0.6) is 0 Å². The molecular formula is C62H114N4O12S. The maximum Gasteiger partial charge on any atom is 0.326 e. The first kappa shape index (κ1) is 75.1. The Hall–Kier alpha value is -3.89. The van der Waals surface area contributed by atoms with Crippen molar-refractivity contribution in [2.45, 2.75) is 328 Å². The largest absolute Gasteiger partial charge is 0.481 e. The molecule has 0 aliphatic carbocycles. The number of unbranched alkanes of at least 4 members (excludes halogenated alkanes) is 34. The number of carboxylic acids is 2. The number of thioether (sulfide) groups is 1. The molecule has 0 bridgehead atoms. The van der Waals surface area contributed by atoms with Gasteiger partial charge >= 0.3 is 23.9 Å². The summed E-state index contributed by atoms with van der Waals surface area (Å²) in [5.74, 6) is -6.41. The van der Waals surface area contributed by atoms with E-state index in [9.17, 15) is 43.5 Å². The number of rotatable bonds is 59. The summed E-state index contributed by atoms with van der Waals surface area (Å²) >= 11 is 1.19. The summed E-state index contributed by atoms with van der Waals surface area (Å²) in [6.07, 6.45) is 40.8. The summed E-state index contributed by atoms with van der Waals surface area (Å²) in [6.45, 7) is 6.49. The molecule has 0 saturated heterocycles. The molecule has 0 aromatic carbocycles. The van der Waals surface area contributed by atoms with Gasteiger partial charge in [-0.1, -0.05) is 239 Å². The highest BCUT2D eigenvalue weighted by Crippen LogP contribution is 2.18. The summed E-state index contributed by atoms with van der Waals surface area (Å²) in [7, 11) is 0. The smallest absolute Gasteiger partial charge is 0.326 e. The van der Waals surface area contributed by atoms with E-state index in [1.165, 1.54) is 166 Å². The quantitative estimate of drug-likeness (QED) is 0.0245. The van der Waals surface area contributed by atoms with Gasteiger partial charge in [0.1, 0.15) is 30.8 Å². The number of hydrogen-bond donors (Lipinski definition) is 6. The predicted octanol–water partition coefficient (Wildman–Crippen LogP) is 13.5. The van der Waals surface area contributed by atoms with E-state index < -0.39 is 78.6 Å². The fourth-order valence-corrected chi connectivity index (χ4v) is 10.6. The molecule has 0 saturated carbocycles. The fraction of sp³-hybridized carbons (Fsp3) is 0.871. The molecule has 0 spiro atoms. The number of nitrogens with two attached hydrogens (primary N) is 1. The van der Waals surface area contributed by atoms with Crippen molar-refractivity contribution in [3.63, 3.8) is 0 Å². The number of nitrogens with one attached hydrogen (secondary N) is 3. The zero-order valence-corrected chi connectivity index (χ0v) is 50.8. The van der Waals surface area contributed by atoms with Crippen LogP contribution in [0.3, 0.4) is 0 Å². The van der Waals surface area contributed by atoms with Gasteiger partial charge in [-0.15, -0.1) is 0 Å². The number of hydrogen-bond acceptors (Lipinski definition) is 11. The number of carbonyl (C=O) groups excluding carboxylic acids is 6. The highest BCUT2D eigenvalue weighted by atomic mass is 32.2. The van der Waals surface area contributed by atoms with Crippen LogP contribution in [0.2, 0.25) is 0 Å². The molecule has 4 amide bonds. The van der Waals surface area contributed by atoms with Crippen LogP contribution in [0.15, 0.2) is 0 Å². The first-order valence-electron chi connectivity index (χ1n) is 31.8. The Morgan fingerprint density at radius 1 is 0.405 bits per heavy atom. The van der Waals surface area contributed by atoms with Crippen LogP contribution in [-0.2, 0) is 47.8 Å². The van der Waals surface area contributed by atoms with Crippen molar-refractivity contribution >= 4 is 59.3 Å². The lowest BCUT2D eigenvalue weighted by molar-refractivity contribution is -0.157. The molecule has 0 aromatic heterocycles. The molecular weight excluding hydrogens is 1020 g/mol. The summed E-state index contributed by atoms with van der Waals surface area (Å²) in [4.78, 5) is 102. The second kappa shape index (κ2) is 54.7. The van der Waals surface area contributed by atoms with Gasteiger partial charge in [-0.05, 0) is 32.1 Å². The molecule has 17 heteroatoms. The van der Waals surface area contributed by atoms with Gasteiger partial charge in [0.2, 0.25) is 23.6 Å². The van der Waals surface area contributed by atoms with Crippen LogP contribution < -0.4 is 21.7 Å². The van der Waals surface area contributed by atoms with Crippen molar-refractivity contribution in [1.82, 2.24) is 16.0 Å². The number of esters is 2. The molecule has 0 aliphatic heterocycles. The first-order chi connectivity index (χ1) is 38.2. The van der Waals surface area contributed by atoms with Gasteiger partial charge in [-0.3, -0.25) is 33.6 Å². The molecule has 0 heterocycles. The molecule has 0 radical (unpaired) electrons. The Kier molecular flexibility index (Phi) is 52.0. The molecule has 4 atom stereocenters. The molecule has 0 aliphatic rings. The number of ether oxygens (including phenoxy) is 2. The van der Waals surface area contributed by atoms with E-state index >= 15 is 0 Å². The molecule has 16 nitrogen and oxygen atoms in total. The van der Waals surface area contributed by atoms with E-state index in [2.05, 4.69) is 36.7 Å². The van der Waals surface area contributed by atoms with Crippen molar-refractivity contribution in [1.29, 1.82) is 0 Å². The van der Waals surface area contributed by atoms with Crippen molar-refractivity contribution in [2.75, 3.05) is 18.1 Å². The maximum absolute atomic E-state index is 14.1. The van der Waals surface area contributed by atoms with Crippen LogP contribution in [0.4, 0.5) is 0 Å². The van der Waals surface area contributed by atoms with Gasteiger partial charge in [0.25, 0.3) is 0 Å². The normalized spacial score (nSPS) is 12.7. The summed E-state index contributed by atoms with van der Waals surface area (Å²) in [5, 5.41) is 26.5. The Balaban J connectivity index is 5.85. The average Bonchev–Trinajstić information content (AvgIpc) is 3.41. The minimum atomic E-state index is -1.60. The fourth-order valence-electron chi connectivity index (χ4n) is 9.53. The van der Waals surface area contributed by atoms with Crippen molar-refractivity contribution in [3.05, 3.63) is 0 Å². The molecule has 0 fully saturated rings. The number of primary amides is 1. The van der Waals surface area contributed by atoms with Crippen LogP contribution in [-0.4, -0.2) is 100 Å². The van der Waals surface area contributed by atoms with E-state index in [4.69, 9.17) is 20.3 Å². The van der Waals surface area contributed by atoms with Crippen LogP contribution in [0.25, 0.3) is 0 Å². The van der Waals surface area contributed by atoms with E-state index in [0.29, 0.717) is 19.3 Å². The molecule has 0 rings (SSSR count). The zero-order valence-electron chi connectivity index (χ0n) is 50.0. The van der Waals surface area contributed by atoms with Gasteiger partial charge in [0, 0.05) is 43.6 Å². The molecule has 7 N–H and O–H groups in total. The number of carboxylic acid groups (broad SMARTS) is 2. The Labute approximate surface area is 482 Å². The summed E-state index contributed by atoms with van der Waals surface area (Å²) in [5.41, 5.74) is 5.39. The van der Waals surface area contributed by atoms with Crippen molar-refractivity contribution in [2.24, 2.45) is 5.73 Å². The Bertz CT molecular complexity index is 1590. The van der Waals surface area contributed by atoms with E-state index in [1.807, 2.05) is 0 Å². The number of aliphatic carboxylic acids is 2. The van der Waals surface area contributed by atoms with Gasteiger partial charge in [0.15, 0.2) is 0 Å². The lowest BCUT2D eigenvalue weighted by Crippen LogP contribution is -2.56. The van der Waals surface area contributed by atoms with Crippen LogP contribution in [0, 0.1) is 0 Å². The average molecular weight is 1140 g/mol. The van der Waals surface area contributed by atoms with Crippen LogP contribution in [0.1, 0.15) is 303 Å². The predicted molar refractivity (Wildman–Crippen MR) is 319 cm³/mol. The monoisotopic (exact) mass is 1140 g/mol. The second-order valence-electron chi connectivity index (χ2n) is 22.1. The van der Waals surface area contributed by atoms with Crippen molar-refractivity contribution < 1.29 is 58.0 Å². The minimum absolute atomic E-state index is 0.0455. The molecule has 79 heavy (non-hydrogen) atoms. The van der Waals surface area contributed by atoms with Gasteiger partial charge in [-0.25, -0.2) is 4.79 Å². The first-order valence-corrected chi connectivity index (χ1v) is 32.9. The highest BCUT2D eigenvalue weighted by Gasteiger charge is 2.31. The third kappa shape index (κ3) is 49.6. The standard InChI is InChI=1S/C62H114N4O12S/c1-4-7-10-13-16-19-22-24-27-30-33-36-39-42-58(71)77-48-51(78-59(72)43-40-37-34-31-28-25-23-20-17-14-11-8-5-2)49-79-50-54(64-56(68)41-38-35-32-29-26-21-18-15-12-9-6-3)61(74)65-52(44-46-55(63)67)60(73)66-53(62(75)76)45-47-57(69)70/h51-54H,4-50H2,1-3H3,(H2,63,67)(H,64,68)(H,65,74)(H,66,73)(H,69,70)(H,75,76)/t51-,52-,53+,54?/m1/s1. The Morgan fingerprint density at radius 2 is 0.759 bits per heavy atom. The lowest BCUT2D eigenvalue weighted by atomic mass is 10.0. The zero-order chi connectivity index (χ0) is 58.4. The topological polar surface area (TPSA) is 258 Å². The van der Waals surface area contributed by atoms with E-state index in [0.717, 1.165) is 64.2 Å². The third-order valence-corrected chi connectivity index (χ3v) is 15.7. The van der Waals surface area contributed by atoms with Gasteiger partial charge in [0.05, 0.1) is 0 Å². The lowest BCUT2D eigenvalue weighted by Gasteiger charge is -2.25. The molecule has 0 aromatic rings. The maximum atomic E-state index is 14.1. The third-order valence-electron chi connectivity index (χ3n) is 14.5. The van der Waals surface area contributed by atoms with Crippen molar-refractivity contribution in [3.8, 4) is 0 Å². The molecule has 460 valence electrons. The van der Waals surface area contributed by atoms with E-state index in [1.54, 1.807) is 0 Å². The number of carbonyl (C=O) groups is 8. The van der Waals surface area contributed by atoms with Crippen LogP contribution >= 0.6 is 11.8 Å². The SMILES string of the molecule is CCCCCCCCCCCCCCCC(=O)OC[C@H](CSCC(NC(=O)CCCCCCCCCCCCC)C(=O)N[C@H](CCC(N)=O)C(=O)N[C@@H](CCC(=O)O)C(=O)O)OC(=O)CCCCCCCCCCCCCCC. The number of amides is 4. The summed E-state index contributed by atoms with van der Waals surface area (Å²) < 4.78 is 11.6. The van der Waals surface area contributed by atoms with Gasteiger partial charge < -0.3 is 41.4 Å².